The lowest BCUT2D eigenvalue weighted by Gasteiger charge is -2.36. The van der Waals surface area contributed by atoms with Crippen LogP contribution in [0.1, 0.15) is 278 Å². The first-order valence-corrected chi connectivity index (χ1v) is 40.8. The van der Waals surface area contributed by atoms with Crippen LogP contribution in [-0.4, -0.2) is 63.8 Å². The van der Waals surface area contributed by atoms with E-state index in [0.717, 1.165) is 87.2 Å². The highest BCUT2D eigenvalue weighted by Gasteiger charge is 2.50. The van der Waals surface area contributed by atoms with Gasteiger partial charge in [-0.25, -0.2) is 0 Å². The van der Waals surface area contributed by atoms with Crippen LogP contribution in [0, 0.1) is 0 Å². The zero-order chi connectivity index (χ0) is 80.0. The number of benzene rings is 10. The van der Waals surface area contributed by atoms with Gasteiger partial charge in [0.1, 0.15) is 0 Å². The zero-order valence-electron chi connectivity index (χ0n) is 70.5. The van der Waals surface area contributed by atoms with Gasteiger partial charge in [-0.15, -0.1) is 0 Å². The van der Waals surface area contributed by atoms with Crippen molar-refractivity contribution in [3.8, 4) is 22.7 Å². The smallest absolute Gasteiger partial charge is 0.264 e. The van der Waals surface area contributed by atoms with Gasteiger partial charge in [0.15, 0.2) is 0 Å². The van der Waals surface area contributed by atoms with Gasteiger partial charge >= 0.3 is 0 Å². The van der Waals surface area contributed by atoms with Gasteiger partial charge in [-0.3, -0.25) is 29.0 Å². The van der Waals surface area contributed by atoms with Crippen LogP contribution < -0.4 is 0 Å². The van der Waals surface area contributed by atoms with Crippen LogP contribution >= 0.6 is 0 Å². The van der Waals surface area contributed by atoms with Gasteiger partial charge in [0.05, 0.1) is 89.1 Å². The normalized spacial score (nSPS) is 16.6. The molecule has 4 aromatic heterocycles. The summed E-state index contributed by atoms with van der Waals surface area (Å²) in [5, 5.41) is 8.64. The Labute approximate surface area is 660 Å². The summed E-state index contributed by atoms with van der Waals surface area (Å²) in [4.78, 5) is 70.0. The highest BCUT2D eigenvalue weighted by Crippen LogP contribution is 2.50. The average molecular weight is 1480 g/mol. The summed E-state index contributed by atoms with van der Waals surface area (Å²) in [6.45, 7) is 53.9. The standard InChI is InChI=1S/C102H110N6O4/c1-95(2,3)57-25-37-75-67(49-57)68-50-58(96(4,5)6)26-38-76(68)105(75)83-45-46-84(106-77-39-27-59(97(7,8)9)51-69(77)70-52-60(98(10,11)12)28-40-78(70)106)88-87(83)91(109)103(92(88)110)65-33-35-66(36-34-65)104-93(111)89-85(107-79-41-29-61(99(13,14)15)53-71(79)72-54-62(100(16,17)18)30-42-80(72)107)47-48-86(90(89)94(104)112)108-81-43-31-63(101(19,20)21)55-73(81)74-56-64(102(22,23)24)32-44-82(74)108/h25-32,37-56,65-66H,33-36H2,1-24H3. The summed E-state index contributed by atoms with van der Waals surface area (Å²) < 4.78 is 8.93. The number of hydrogen-bond acceptors (Lipinski definition) is 4. The number of aromatic nitrogens is 4. The minimum atomic E-state index is -0.559. The molecule has 10 nitrogen and oxygen atoms in total. The second-order valence-corrected chi connectivity index (χ2v) is 41.3. The third-order valence-corrected chi connectivity index (χ3v) is 25.4. The predicted molar refractivity (Wildman–Crippen MR) is 467 cm³/mol. The topological polar surface area (TPSA) is 94.5 Å². The summed E-state index contributed by atoms with van der Waals surface area (Å²) in [5.74, 6) is -1.39. The second-order valence-electron chi connectivity index (χ2n) is 41.3. The van der Waals surface area contributed by atoms with Crippen molar-refractivity contribution in [1.82, 2.24) is 28.1 Å². The largest absolute Gasteiger partial charge is 0.308 e. The Hall–Kier alpha value is -10.3. The number of hydrogen-bond donors (Lipinski definition) is 0. The summed E-state index contributed by atoms with van der Waals surface area (Å²) in [6.07, 6.45) is 1.47. The Bertz CT molecular complexity index is 5390. The molecule has 112 heavy (non-hydrogen) atoms. The van der Waals surface area contributed by atoms with Crippen molar-refractivity contribution in [2.45, 2.75) is 247 Å². The van der Waals surface area contributed by atoms with E-state index >= 15 is 19.2 Å². The van der Waals surface area contributed by atoms with Gasteiger partial charge in [0.2, 0.25) is 0 Å². The van der Waals surface area contributed by atoms with Gasteiger partial charge in [-0.2, -0.15) is 0 Å². The van der Waals surface area contributed by atoms with Crippen molar-refractivity contribution in [2.75, 3.05) is 0 Å². The fourth-order valence-electron chi connectivity index (χ4n) is 18.5. The molecular formula is C102H110N6O4. The maximum atomic E-state index is 16.7. The third-order valence-electron chi connectivity index (χ3n) is 25.4. The summed E-state index contributed by atoms with van der Waals surface area (Å²) in [5.41, 5.74) is 20.0. The first-order valence-electron chi connectivity index (χ1n) is 40.8. The fourth-order valence-corrected chi connectivity index (χ4v) is 18.5. The van der Waals surface area contributed by atoms with E-state index in [2.05, 4.69) is 354 Å². The molecule has 2 aliphatic heterocycles. The molecule has 10 heteroatoms. The van der Waals surface area contributed by atoms with Crippen molar-refractivity contribution in [2.24, 2.45) is 0 Å². The monoisotopic (exact) mass is 1480 g/mol. The van der Waals surface area contributed by atoms with Crippen LogP contribution in [0.3, 0.4) is 0 Å². The van der Waals surface area contributed by atoms with Crippen molar-refractivity contribution < 1.29 is 19.2 Å². The van der Waals surface area contributed by atoms with Crippen molar-refractivity contribution in [1.29, 1.82) is 0 Å². The molecule has 0 bridgehead atoms. The molecule has 4 amide bonds. The molecule has 1 aliphatic carbocycles. The molecule has 17 rings (SSSR count). The average Bonchev–Trinajstić information content (AvgIpc) is 1.54. The van der Waals surface area contributed by atoms with Crippen LogP contribution in [0.4, 0.5) is 0 Å². The maximum Gasteiger partial charge on any atom is 0.264 e. The quantitative estimate of drug-likeness (QED) is 0.155. The lowest BCUT2D eigenvalue weighted by Crippen LogP contribution is -2.47. The first kappa shape index (κ1) is 74.4. The maximum absolute atomic E-state index is 16.7. The van der Waals surface area contributed by atoms with E-state index < -0.39 is 12.1 Å². The second kappa shape index (κ2) is 24.6. The highest BCUT2D eigenvalue weighted by molar-refractivity contribution is 6.28. The van der Waals surface area contributed by atoms with E-state index in [0.29, 0.717) is 70.7 Å². The molecule has 0 spiro atoms. The van der Waals surface area contributed by atoms with Gasteiger partial charge in [0.25, 0.3) is 23.6 Å². The molecule has 572 valence electrons. The van der Waals surface area contributed by atoms with E-state index in [-0.39, 0.29) is 66.9 Å². The summed E-state index contributed by atoms with van der Waals surface area (Å²) in [6, 6.07) is 61.1. The van der Waals surface area contributed by atoms with Gasteiger partial charge < -0.3 is 18.3 Å². The minimum Gasteiger partial charge on any atom is -0.308 e. The number of imide groups is 2. The van der Waals surface area contributed by atoms with E-state index in [1.807, 2.05) is 0 Å². The number of fused-ring (bicyclic) bond motifs is 14. The van der Waals surface area contributed by atoms with Crippen LogP contribution in [0.25, 0.3) is 110 Å². The van der Waals surface area contributed by atoms with E-state index in [1.54, 1.807) is 9.80 Å². The molecule has 1 fully saturated rings. The Morgan fingerprint density at radius 3 is 0.464 bits per heavy atom. The van der Waals surface area contributed by atoms with E-state index in [9.17, 15) is 0 Å². The zero-order valence-corrected chi connectivity index (χ0v) is 70.5. The molecule has 0 saturated heterocycles. The Morgan fingerprint density at radius 2 is 0.339 bits per heavy atom. The number of nitrogens with zero attached hydrogens (tertiary/aromatic N) is 6. The van der Waals surface area contributed by atoms with Crippen molar-refractivity contribution in [3.05, 3.63) is 237 Å². The van der Waals surface area contributed by atoms with Crippen LogP contribution in [0.15, 0.2) is 170 Å². The number of carbonyl (C=O) groups excluding carboxylic acids is 4. The molecule has 1 saturated carbocycles. The fraction of sp³-hybridized carbons (Fsp3) is 0.373. The lowest BCUT2D eigenvalue weighted by atomic mass is 9.85. The van der Waals surface area contributed by atoms with Gasteiger partial charge in [-0.1, -0.05) is 215 Å². The lowest BCUT2D eigenvalue weighted by molar-refractivity contribution is 0.0424. The third kappa shape index (κ3) is 11.6. The Morgan fingerprint density at radius 1 is 0.205 bits per heavy atom. The molecule has 14 aromatic rings. The molecule has 3 aliphatic rings. The van der Waals surface area contributed by atoms with Crippen molar-refractivity contribution in [3.63, 3.8) is 0 Å². The molecule has 0 radical (unpaired) electrons. The number of amides is 4. The molecule has 0 N–H and O–H groups in total. The SMILES string of the molecule is CC(C)(C)c1ccc2c(c1)c1cc(C(C)(C)C)ccc1n2-c1ccc(-n2c3ccc(C(C)(C)C)cc3c3cc(C(C)(C)C)ccc32)c2c1C(=O)N(C1CCC(N3C(=O)c4c(-n5c6ccc(C(C)(C)C)cc6c6cc(C(C)(C)C)ccc65)ccc(-n5c6ccc(C(C)(C)C)cc6c6cc(C(C)(C)C)ccc65)c4C3=O)CC1)C2=O. The van der Waals surface area contributed by atoms with E-state index in [1.165, 1.54) is 44.5 Å². The Kier molecular flexibility index (Phi) is 16.3. The minimum absolute atomic E-state index is 0.146. The van der Waals surface area contributed by atoms with Gasteiger partial charge in [-0.05, 0) is 235 Å². The van der Waals surface area contributed by atoms with Crippen LogP contribution in [0.2, 0.25) is 0 Å². The molecular weight excluding hydrogens is 1370 g/mol. The molecule has 0 atom stereocenters. The predicted octanol–water partition coefficient (Wildman–Crippen LogP) is 25.7. The van der Waals surface area contributed by atoms with Gasteiger partial charge in [0, 0.05) is 55.2 Å². The van der Waals surface area contributed by atoms with Crippen LogP contribution in [0.5, 0.6) is 0 Å². The summed E-state index contributed by atoms with van der Waals surface area (Å²) in [7, 11) is 0. The molecule has 0 unspecified atom stereocenters. The molecule has 10 aromatic carbocycles. The van der Waals surface area contributed by atoms with Crippen molar-refractivity contribution >= 4 is 111 Å². The first-order chi connectivity index (χ1) is 52.3. The van der Waals surface area contributed by atoms with Crippen LogP contribution in [-0.2, 0) is 43.3 Å². The number of rotatable bonds is 6. The summed E-state index contributed by atoms with van der Waals surface area (Å²) >= 11 is 0. The Balaban J connectivity index is 0.827. The number of carbonyl (C=O) groups is 4. The highest BCUT2D eigenvalue weighted by atomic mass is 16.2. The molecule has 6 heterocycles. The van der Waals surface area contributed by atoms with E-state index in [4.69, 9.17) is 0 Å².